The second kappa shape index (κ2) is 4.07. The molecular formula is C12H15ClN2. The first-order chi connectivity index (χ1) is 6.58. The molecule has 15 heavy (non-hydrogen) atoms. The van der Waals surface area contributed by atoms with Crippen molar-refractivity contribution in [2.75, 3.05) is 5.73 Å². The molecule has 80 valence electrons. The van der Waals surface area contributed by atoms with Crippen LogP contribution in [0.4, 0.5) is 5.82 Å². The molecule has 0 radical (unpaired) electrons. The van der Waals surface area contributed by atoms with Gasteiger partial charge in [-0.2, -0.15) is 0 Å². The van der Waals surface area contributed by atoms with Gasteiger partial charge >= 0.3 is 0 Å². The Bertz CT molecular complexity index is 506. The zero-order valence-corrected chi connectivity index (χ0v) is 9.98. The first-order valence-corrected chi connectivity index (χ1v) is 4.72. The molecule has 3 heteroatoms. The molecule has 0 aliphatic carbocycles. The van der Waals surface area contributed by atoms with E-state index in [1.165, 1.54) is 16.5 Å². The Labute approximate surface area is 95.9 Å². The number of nitrogens with zero attached hydrogens (tertiary/aromatic N) is 1. The van der Waals surface area contributed by atoms with Crippen LogP contribution in [0.2, 0.25) is 0 Å². The maximum Gasteiger partial charge on any atom is 0.127 e. The summed E-state index contributed by atoms with van der Waals surface area (Å²) in [5.41, 5.74) is 10.3. The molecule has 2 nitrogen and oxygen atoms in total. The molecule has 0 amide bonds. The molecule has 0 unspecified atom stereocenters. The van der Waals surface area contributed by atoms with Crippen molar-refractivity contribution in [1.29, 1.82) is 0 Å². The number of aromatic nitrogens is 1. The summed E-state index contributed by atoms with van der Waals surface area (Å²) in [6.45, 7) is 6.15. The second-order valence-corrected chi connectivity index (χ2v) is 3.84. The van der Waals surface area contributed by atoms with Crippen molar-refractivity contribution in [3.8, 4) is 0 Å². The summed E-state index contributed by atoms with van der Waals surface area (Å²) in [6, 6.07) is 6.36. The fourth-order valence-electron chi connectivity index (χ4n) is 1.77. The van der Waals surface area contributed by atoms with Crippen LogP contribution in [0.15, 0.2) is 18.2 Å². The van der Waals surface area contributed by atoms with Crippen molar-refractivity contribution in [2.45, 2.75) is 20.8 Å². The summed E-state index contributed by atoms with van der Waals surface area (Å²) in [5.74, 6) is 0.629. The van der Waals surface area contributed by atoms with Crippen LogP contribution in [-0.4, -0.2) is 4.98 Å². The quantitative estimate of drug-likeness (QED) is 0.744. The number of halogens is 1. The molecular weight excluding hydrogens is 208 g/mol. The number of aryl methyl sites for hydroxylation is 3. The molecule has 0 saturated carbocycles. The lowest BCUT2D eigenvalue weighted by Crippen LogP contribution is -1.95. The zero-order valence-electron chi connectivity index (χ0n) is 9.16. The maximum atomic E-state index is 5.78. The van der Waals surface area contributed by atoms with Crippen LogP contribution in [0, 0.1) is 20.8 Å². The maximum absolute atomic E-state index is 5.78. The topological polar surface area (TPSA) is 38.9 Å². The summed E-state index contributed by atoms with van der Waals surface area (Å²) >= 11 is 0. The van der Waals surface area contributed by atoms with Gasteiger partial charge in [0, 0.05) is 5.39 Å². The van der Waals surface area contributed by atoms with E-state index in [0.29, 0.717) is 5.82 Å². The van der Waals surface area contributed by atoms with Gasteiger partial charge in [-0.3, -0.25) is 0 Å². The Hall–Kier alpha value is -1.28. The number of nitrogen functional groups attached to an aromatic ring is 1. The van der Waals surface area contributed by atoms with E-state index in [1.807, 2.05) is 6.92 Å². The lowest BCUT2D eigenvalue weighted by atomic mass is 10.1. The number of hydrogen-bond acceptors (Lipinski definition) is 2. The molecule has 0 saturated heterocycles. The predicted octanol–water partition coefficient (Wildman–Crippen LogP) is 3.16. The third kappa shape index (κ3) is 2.05. The molecule has 2 N–H and O–H groups in total. The Kier molecular flexibility index (Phi) is 3.20. The minimum absolute atomic E-state index is 0. The fourth-order valence-corrected chi connectivity index (χ4v) is 1.77. The van der Waals surface area contributed by atoms with Gasteiger partial charge in [0.1, 0.15) is 5.82 Å². The van der Waals surface area contributed by atoms with Crippen LogP contribution in [0.25, 0.3) is 10.9 Å². The van der Waals surface area contributed by atoms with Crippen LogP contribution in [0.1, 0.15) is 16.7 Å². The monoisotopic (exact) mass is 222 g/mol. The normalized spacial score (nSPS) is 10.1. The van der Waals surface area contributed by atoms with Gasteiger partial charge in [0.2, 0.25) is 0 Å². The Balaban J connectivity index is 0.00000112. The van der Waals surface area contributed by atoms with E-state index in [1.54, 1.807) is 0 Å². The summed E-state index contributed by atoms with van der Waals surface area (Å²) in [5, 5.41) is 1.18. The molecule has 0 bridgehead atoms. The highest BCUT2D eigenvalue weighted by molar-refractivity contribution is 5.85. The lowest BCUT2D eigenvalue weighted by molar-refractivity contribution is 1.30. The van der Waals surface area contributed by atoms with E-state index in [-0.39, 0.29) is 12.4 Å². The van der Waals surface area contributed by atoms with Crippen LogP contribution in [0.5, 0.6) is 0 Å². The van der Waals surface area contributed by atoms with Crippen molar-refractivity contribution in [1.82, 2.24) is 4.98 Å². The highest BCUT2D eigenvalue weighted by Gasteiger charge is 2.03. The van der Waals surface area contributed by atoms with Gasteiger partial charge in [-0.1, -0.05) is 11.6 Å². The van der Waals surface area contributed by atoms with Crippen molar-refractivity contribution in [3.05, 3.63) is 34.9 Å². The minimum atomic E-state index is 0. The molecule has 0 aliphatic heterocycles. The van der Waals surface area contributed by atoms with Crippen molar-refractivity contribution >= 4 is 29.1 Å². The summed E-state index contributed by atoms with van der Waals surface area (Å²) in [7, 11) is 0. The minimum Gasteiger partial charge on any atom is -0.383 e. The van der Waals surface area contributed by atoms with E-state index in [2.05, 4.69) is 37.0 Å². The van der Waals surface area contributed by atoms with Crippen LogP contribution >= 0.6 is 12.4 Å². The average Bonchev–Trinajstić information content (AvgIpc) is 2.08. The number of nitrogens with two attached hydrogens (primary N) is 1. The van der Waals surface area contributed by atoms with Gasteiger partial charge < -0.3 is 5.73 Å². The smallest absolute Gasteiger partial charge is 0.127 e. The molecule has 2 rings (SSSR count). The van der Waals surface area contributed by atoms with E-state index >= 15 is 0 Å². The zero-order chi connectivity index (χ0) is 10.3. The molecule has 0 fully saturated rings. The largest absolute Gasteiger partial charge is 0.383 e. The first-order valence-electron chi connectivity index (χ1n) is 4.72. The summed E-state index contributed by atoms with van der Waals surface area (Å²) < 4.78 is 0. The Morgan fingerprint density at radius 2 is 1.67 bits per heavy atom. The van der Waals surface area contributed by atoms with Crippen LogP contribution < -0.4 is 5.73 Å². The number of rotatable bonds is 0. The number of hydrogen-bond donors (Lipinski definition) is 1. The number of fused-ring (bicyclic) bond motifs is 1. The summed E-state index contributed by atoms with van der Waals surface area (Å²) in [6.07, 6.45) is 0. The lowest BCUT2D eigenvalue weighted by Gasteiger charge is -2.06. The van der Waals surface area contributed by atoms with Gasteiger partial charge in [-0.15, -0.1) is 12.4 Å². The standard InChI is InChI=1S/C12H14N2.ClH/c1-7-4-8(2)11-10(5-7)6-9(3)12(13)14-11;/h4-6H,1-3H3,(H2,13,14);1H. The molecule has 0 atom stereocenters. The van der Waals surface area contributed by atoms with E-state index < -0.39 is 0 Å². The molecule has 1 aromatic heterocycles. The van der Waals surface area contributed by atoms with E-state index in [0.717, 1.165) is 11.1 Å². The molecule has 1 heterocycles. The van der Waals surface area contributed by atoms with Crippen molar-refractivity contribution in [3.63, 3.8) is 0 Å². The number of benzene rings is 1. The van der Waals surface area contributed by atoms with E-state index in [4.69, 9.17) is 5.73 Å². The molecule has 0 spiro atoms. The van der Waals surface area contributed by atoms with Crippen molar-refractivity contribution in [2.24, 2.45) is 0 Å². The molecule has 0 aliphatic rings. The SMILES string of the molecule is Cc1cc(C)c2nc(N)c(C)cc2c1.Cl. The third-order valence-electron chi connectivity index (χ3n) is 2.48. The van der Waals surface area contributed by atoms with Gasteiger partial charge in [0.25, 0.3) is 0 Å². The van der Waals surface area contributed by atoms with Gasteiger partial charge in [-0.05, 0) is 44.0 Å². The highest BCUT2D eigenvalue weighted by atomic mass is 35.5. The highest BCUT2D eigenvalue weighted by Crippen LogP contribution is 2.22. The predicted molar refractivity (Wildman–Crippen MR) is 67.6 cm³/mol. The number of anilines is 1. The Morgan fingerprint density at radius 3 is 2.33 bits per heavy atom. The fraction of sp³-hybridized carbons (Fsp3) is 0.250. The second-order valence-electron chi connectivity index (χ2n) is 3.84. The number of pyridine rings is 1. The first kappa shape index (κ1) is 11.8. The summed E-state index contributed by atoms with van der Waals surface area (Å²) in [4.78, 5) is 4.39. The van der Waals surface area contributed by atoms with Gasteiger partial charge in [0.05, 0.1) is 5.52 Å². The van der Waals surface area contributed by atoms with Crippen LogP contribution in [-0.2, 0) is 0 Å². The van der Waals surface area contributed by atoms with Gasteiger partial charge in [-0.25, -0.2) is 4.98 Å². The van der Waals surface area contributed by atoms with E-state index in [9.17, 15) is 0 Å². The third-order valence-corrected chi connectivity index (χ3v) is 2.48. The molecule has 2 aromatic rings. The van der Waals surface area contributed by atoms with Crippen LogP contribution in [0.3, 0.4) is 0 Å². The Morgan fingerprint density at radius 1 is 1.00 bits per heavy atom. The molecule has 1 aromatic carbocycles. The van der Waals surface area contributed by atoms with Gasteiger partial charge in [0.15, 0.2) is 0 Å². The van der Waals surface area contributed by atoms with Crippen molar-refractivity contribution < 1.29 is 0 Å². The average molecular weight is 223 g/mol.